The zero-order chi connectivity index (χ0) is 32.9. The molecule has 1 atom stereocenters. The van der Waals surface area contributed by atoms with Crippen molar-refractivity contribution in [2.45, 2.75) is 69.5 Å². The molecule has 2 rings (SSSR count). The molecule has 14 heteroatoms. The number of carbonyl (C=O) groups excluding carboxylic acids is 2. The molecule has 1 unspecified atom stereocenters. The molecule has 0 fully saturated rings. The lowest BCUT2D eigenvalue weighted by molar-refractivity contribution is -0.757. The monoisotopic (exact) mass is 634 g/mol. The van der Waals surface area contributed by atoms with Crippen LogP contribution in [0.2, 0.25) is 0 Å². The SMILES string of the molecule is CC(C)(C)OC(=O)NCC(=O)OC(CCCCCCO[N+](=O)[O-])C(=C(C(=O)O)c1ccccc1)c1ccc(S(C)(=O)=O)cc1. The van der Waals surface area contributed by atoms with Gasteiger partial charge in [-0.15, -0.1) is 10.1 Å². The molecule has 44 heavy (non-hydrogen) atoms. The Morgan fingerprint density at radius 3 is 2.11 bits per heavy atom. The van der Waals surface area contributed by atoms with E-state index in [0.29, 0.717) is 36.8 Å². The van der Waals surface area contributed by atoms with E-state index in [9.17, 15) is 38.0 Å². The van der Waals surface area contributed by atoms with Gasteiger partial charge >= 0.3 is 18.0 Å². The molecule has 0 aliphatic carbocycles. The highest BCUT2D eigenvalue weighted by atomic mass is 32.2. The van der Waals surface area contributed by atoms with E-state index in [2.05, 4.69) is 10.2 Å². The van der Waals surface area contributed by atoms with Gasteiger partial charge in [0, 0.05) is 11.8 Å². The summed E-state index contributed by atoms with van der Waals surface area (Å²) < 4.78 is 35.1. The molecule has 0 bridgehead atoms. The van der Waals surface area contributed by atoms with Gasteiger partial charge in [-0.05, 0) is 63.3 Å². The van der Waals surface area contributed by atoms with E-state index in [1.54, 1.807) is 51.1 Å². The number of rotatable bonds is 16. The molecule has 0 spiro atoms. The van der Waals surface area contributed by atoms with Crippen molar-refractivity contribution in [3.05, 3.63) is 75.8 Å². The minimum absolute atomic E-state index is 0.0178. The summed E-state index contributed by atoms with van der Waals surface area (Å²) in [4.78, 5) is 52.6. The summed E-state index contributed by atoms with van der Waals surface area (Å²) in [5.74, 6) is -2.16. The van der Waals surface area contributed by atoms with Crippen LogP contribution in [-0.4, -0.2) is 67.8 Å². The third-order valence-corrected chi connectivity index (χ3v) is 7.20. The minimum Gasteiger partial charge on any atom is -0.478 e. The molecule has 1 amide bonds. The Kier molecular flexibility index (Phi) is 13.3. The molecule has 0 radical (unpaired) electrons. The van der Waals surface area contributed by atoms with Gasteiger partial charge in [0.05, 0.1) is 17.1 Å². The largest absolute Gasteiger partial charge is 0.478 e. The lowest BCUT2D eigenvalue weighted by atomic mass is 9.88. The van der Waals surface area contributed by atoms with E-state index in [1.165, 1.54) is 24.3 Å². The molecule has 2 aromatic rings. The molecule has 13 nitrogen and oxygen atoms in total. The van der Waals surface area contributed by atoms with Crippen LogP contribution >= 0.6 is 0 Å². The average molecular weight is 635 g/mol. The van der Waals surface area contributed by atoms with Crippen molar-refractivity contribution in [2.24, 2.45) is 0 Å². The number of nitrogens with one attached hydrogen (secondary N) is 1. The van der Waals surface area contributed by atoms with Crippen LogP contribution in [0, 0.1) is 10.1 Å². The molecule has 2 N–H and O–H groups in total. The summed E-state index contributed by atoms with van der Waals surface area (Å²) >= 11 is 0. The fourth-order valence-electron chi connectivity index (χ4n) is 4.22. The Morgan fingerprint density at radius 1 is 0.955 bits per heavy atom. The highest BCUT2D eigenvalue weighted by Gasteiger charge is 2.29. The minimum atomic E-state index is -3.55. The summed E-state index contributed by atoms with van der Waals surface area (Å²) in [6, 6.07) is 13.8. The first kappa shape index (κ1) is 35.7. The molecule has 240 valence electrons. The Morgan fingerprint density at radius 2 is 1.57 bits per heavy atom. The van der Waals surface area contributed by atoms with Gasteiger partial charge in [0.15, 0.2) is 9.84 Å². The predicted molar refractivity (Wildman–Crippen MR) is 161 cm³/mol. The lowest BCUT2D eigenvalue weighted by Gasteiger charge is -2.25. The van der Waals surface area contributed by atoms with Crippen molar-refractivity contribution >= 4 is 39.0 Å². The Balaban J connectivity index is 2.51. The molecule has 0 saturated heterocycles. The number of carbonyl (C=O) groups is 3. The zero-order valence-corrected chi connectivity index (χ0v) is 25.9. The summed E-state index contributed by atoms with van der Waals surface area (Å²) in [6.07, 6.45) is 1.18. The van der Waals surface area contributed by atoms with Crippen LogP contribution in [0.25, 0.3) is 11.1 Å². The number of esters is 1. The number of alkyl carbamates (subject to hydrolysis) is 1. The van der Waals surface area contributed by atoms with Gasteiger partial charge in [0.25, 0.3) is 5.09 Å². The molecule has 0 aliphatic heterocycles. The molecular formula is C30H38N2O11S. The number of unbranched alkanes of at least 4 members (excludes halogenated alkanes) is 3. The van der Waals surface area contributed by atoms with Crippen molar-refractivity contribution in [1.82, 2.24) is 5.32 Å². The molecule has 0 aliphatic rings. The Bertz CT molecular complexity index is 1430. The highest BCUT2D eigenvalue weighted by Crippen LogP contribution is 2.34. The van der Waals surface area contributed by atoms with E-state index in [4.69, 9.17) is 9.47 Å². The number of ether oxygens (including phenoxy) is 2. The van der Waals surface area contributed by atoms with Crippen LogP contribution in [0.15, 0.2) is 59.5 Å². The fourth-order valence-corrected chi connectivity index (χ4v) is 4.85. The van der Waals surface area contributed by atoms with E-state index in [0.717, 1.165) is 6.26 Å². The molecule has 0 saturated carbocycles. The van der Waals surface area contributed by atoms with Crippen molar-refractivity contribution in [3.8, 4) is 0 Å². The van der Waals surface area contributed by atoms with Crippen LogP contribution in [0.3, 0.4) is 0 Å². The third kappa shape index (κ3) is 12.4. The number of benzene rings is 2. The third-order valence-electron chi connectivity index (χ3n) is 6.07. The first-order chi connectivity index (χ1) is 20.6. The second kappa shape index (κ2) is 16.4. The molecular weight excluding hydrogens is 596 g/mol. The molecule has 2 aromatic carbocycles. The number of carboxylic acid groups (broad SMARTS) is 1. The van der Waals surface area contributed by atoms with Gasteiger partial charge in [-0.2, -0.15) is 0 Å². The Hall–Kier alpha value is -4.46. The van der Waals surface area contributed by atoms with Crippen molar-refractivity contribution in [1.29, 1.82) is 0 Å². The standard InChI is InChI=1S/C30H38N2O11S/c1-30(2,3)43-29(36)31-20-25(33)42-24(14-10-5-6-11-19-41-32(37)38)26(22-15-17-23(18-16-22)44(4,39)40)27(28(34)35)21-12-8-7-9-13-21/h7-9,12-13,15-18,24H,5-6,10-11,14,19-20H2,1-4H3,(H,31,36)(H,34,35). The van der Waals surface area contributed by atoms with Gasteiger partial charge in [-0.1, -0.05) is 55.3 Å². The smallest absolute Gasteiger partial charge is 0.408 e. The molecule has 0 aromatic heterocycles. The van der Waals surface area contributed by atoms with Crippen LogP contribution in [-0.2, 0) is 33.7 Å². The van der Waals surface area contributed by atoms with Gasteiger partial charge in [-0.25, -0.2) is 18.0 Å². The highest BCUT2D eigenvalue weighted by molar-refractivity contribution is 7.90. The van der Waals surface area contributed by atoms with Crippen LogP contribution < -0.4 is 5.32 Å². The van der Waals surface area contributed by atoms with Gasteiger partial charge in [0.2, 0.25) is 0 Å². The normalized spacial score (nSPS) is 12.8. The maximum atomic E-state index is 13.0. The van der Waals surface area contributed by atoms with Crippen LogP contribution in [0.4, 0.5) is 4.79 Å². The first-order valence-corrected chi connectivity index (χ1v) is 15.7. The van der Waals surface area contributed by atoms with Gasteiger partial charge < -0.3 is 24.7 Å². The number of sulfone groups is 1. The maximum absolute atomic E-state index is 13.0. The topological polar surface area (TPSA) is 188 Å². The fraction of sp³-hybridized carbons (Fsp3) is 0.433. The van der Waals surface area contributed by atoms with Crippen LogP contribution in [0.5, 0.6) is 0 Å². The summed E-state index contributed by atoms with van der Waals surface area (Å²) in [7, 11) is -3.55. The summed E-state index contributed by atoms with van der Waals surface area (Å²) in [6.45, 7) is 4.35. The van der Waals surface area contributed by atoms with Crippen LogP contribution in [0.1, 0.15) is 64.0 Å². The Labute approximate surface area is 256 Å². The summed E-state index contributed by atoms with van der Waals surface area (Å²) in [5.41, 5.74) is -0.189. The average Bonchev–Trinajstić information content (AvgIpc) is 2.92. The second-order valence-electron chi connectivity index (χ2n) is 10.9. The van der Waals surface area contributed by atoms with E-state index >= 15 is 0 Å². The number of amides is 1. The van der Waals surface area contributed by atoms with E-state index < -0.39 is 51.2 Å². The number of aliphatic carboxylic acids is 1. The van der Waals surface area contributed by atoms with Gasteiger partial charge in [-0.3, -0.25) is 4.79 Å². The van der Waals surface area contributed by atoms with Crippen molar-refractivity contribution in [2.75, 3.05) is 19.4 Å². The first-order valence-electron chi connectivity index (χ1n) is 13.9. The van der Waals surface area contributed by atoms with E-state index in [1.807, 2.05) is 0 Å². The van der Waals surface area contributed by atoms with E-state index in [-0.39, 0.29) is 29.1 Å². The number of hydrogen-bond donors (Lipinski definition) is 2. The number of hydrogen-bond acceptors (Lipinski definition) is 10. The maximum Gasteiger partial charge on any atom is 0.408 e. The summed E-state index contributed by atoms with van der Waals surface area (Å²) in [5, 5.41) is 22.2. The zero-order valence-electron chi connectivity index (χ0n) is 25.1. The number of carboxylic acids is 1. The lowest BCUT2D eigenvalue weighted by Crippen LogP contribution is -2.37. The van der Waals surface area contributed by atoms with Crippen molar-refractivity contribution in [3.63, 3.8) is 0 Å². The predicted octanol–water partition coefficient (Wildman–Crippen LogP) is 4.68. The van der Waals surface area contributed by atoms with Crippen molar-refractivity contribution < 1.29 is 47.3 Å². The quantitative estimate of drug-likeness (QED) is 0.0651. The molecule has 0 heterocycles. The number of nitrogens with zero attached hydrogens (tertiary/aromatic N) is 1. The second-order valence-corrected chi connectivity index (χ2v) is 12.9. The van der Waals surface area contributed by atoms with Gasteiger partial charge in [0.1, 0.15) is 18.2 Å².